The molecule has 1 aromatic carbocycles. The zero-order valence-corrected chi connectivity index (χ0v) is 15.5. The van der Waals surface area contributed by atoms with Crippen LogP contribution in [0.1, 0.15) is 20.3 Å². The molecule has 0 bridgehead atoms. The first-order valence-electron chi connectivity index (χ1n) is 7.75. The Morgan fingerprint density at radius 1 is 1.40 bits per heavy atom. The summed E-state index contributed by atoms with van der Waals surface area (Å²) in [7, 11) is 0. The summed E-state index contributed by atoms with van der Waals surface area (Å²) in [6.07, 6.45) is 0.842. The van der Waals surface area contributed by atoms with Gasteiger partial charge in [0.05, 0.1) is 11.4 Å². The Morgan fingerprint density at radius 2 is 2.20 bits per heavy atom. The SMILES string of the molecule is CCCNC(=O)[C@H](C)NC(=O)CSc1nnnn1-c1cccc(Cl)c1. The molecular weight excluding hydrogens is 364 g/mol. The van der Waals surface area contributed by atoms with Gasteiger partial charge in [-0.15, -0.1) is 5.10 Å². The summed E-state index contributed by atoms with van der Waals surface area (Å²) in [6, 6.07) is 6.48. The second kappa shape index (κ2) is 9.38. The summed E-state index contributed by atoms with van der Waals surface area (Å²) in [5.41, 5.74) is 0.702. The fourth-order valence-electron chi connectivity index (χ4n) is 1.92. The highest BCUT2D eigenvalue weighted by Crippen LogP contribution is 2.20. The monoisotopic (exact) mass is 382 g/mol. The van der Waals surface area contributed by atoms with Crippen molar-refractivity contribution in [2.24, 2.45) is 0 Å². The largest absolute Gasteiger partial charge is 0.354 e. The van der Waals surface area contributed by atoms with Gasteiger partial charge in [-0.1, -0.05) is 36.4 Å². The van der Waals surface area contributed by atoms with Crippen LogP contribution in [-0.2, 0) is 9.59 Å². The van der Waals surface area contributed by atoms with E-state index in [1.54, 1.807) is 25.1 Å². The minimum absolute atomic E-state index is 0.0896. The summed E-state index contributed by atoms with van der Waals surface area (Å²) in [5.74, 6) is -0.388. The van der Waals surface area contributed by atoms with E-state index in [2.05, 4.69) is 26.2 Å². The second-order valence-corrected chi connectivity index (χ2v) is 6.60. The molecule has 0 spiro atoms. The number of carbonyl (C=O) groups excluding carboxylic acids is 2. The normalized spacial score (nSPS) is 11.8. The first kappa shape index (κ1) is 19.2. The van der Waals surface area contributed by atoms with Crippen molar-refractivity contribution in [2.45, 2.75) is 31.5 Å². The zero-order valence-electron chi connectivity index (χ0n) is 13.9. The van der Waals surface area contributed by atoms with E-state index < -0.39 is 6.04 Å². The number of thioether (sulfide) groups is 1. The lowest BCUT2D eigenvalue weighted by atomic mass is 10.3. The Kier molecular flexibility index (Phi) is 7.20. The first-order chi connectivity index (χ1) is 12.0. The van der Waals surface area contributed by atoms with Crippen molar-refractivity contribution < 1.29 is 9.59 Å². The Hall–Kier alpha value is -2.13. The summed E-state index contributed by atoms with van der Waals surface area (Å²) in [6.45, 7) is 4.19. The van der Waals surface area contributed by atoms with E-state index in [9.17, 15) is 9.59 Å². The highest BCUT2D eigenvalue weighted by Gasteiger charge is 2.16. The predicted molar refractivity (Wildman–Crippen MR) is 95.8 cm³/mol. The average Bonchev–Trinajstić information content (AvgIpc) is 3.06. The number of aromatic nitrogens is 4. The topological polar surface area (TPSA) is 102 Å². The predicted octanol–water partition coefficient (Wildman–Crippen LogP) is 1.44. The lowest BCUT2D eigenvalue weighted by Crippen LogP contribution is -2.45. The number of rotatable bonds is 8. The first-order valence-corrected chi connectivity index (χ1v) is 9.11. The van der Waals surface area contributed by atoms with E-state index in [0.29, 0.717) is 22.4 Å². The number of nitrogens with one attached hydrogen (secondary N) is 2. The molecule has 2 N–H and O–H groups in total. The lowest BCUT2D eigenvalue weighted by molar-refractivity contribution is -0.127. The molecule has 0 unspecified atom stereocenters. The van der Waals surface area contributed by atoms with Crippen LogP contribution in [0.25, 0.3) is 5.69 Å². The van der Waals surface area contributed by atoms with Crippen molar-refractivity contribution in [3.05, 3.63) is 29.3 Å². The van der Waals surface area contributed by atoms with Gasteiger partial charge in [-0.3, -0.25) is 9.59 Å². The van der Waals surface area contributed by atoms with Crippen molar-refractivity contribution in [2.75, 3.05) is 12.3 Å². The average molecular weight is 383 g/mol. The van der Waals surface area contributed by atoms with E-state index in [4.69, 9.17) is 11.6 Å². The molecule has 0 fully saturated rings. The third-order valence-electron chi connectivity index (χ3n) is 3.15. The van der Waals surface area contributed by atoms with Crippen molar-refractivity contribution >= 4 is 35.2 Å². The Labute approximate surface area is 154 Å². The van der Waals surface area contributed by atoms with E-state index in [-0.39, 0.29) is 17.6 Å². The van der Waals surface area contributed by atoms with Crippen LogP contribution >= 0.6 is 23.4 Å². The van der Waals surface area contributed by atoms with E-state index in [0.717, 1.165) is 6.42 Å². The minimum Gasteiger partial charge on any atom is -0.354 e. The second-order valence-electron chi connectivity index (χ2n) is 5.22. The van der Waals surface area contributed by atoms with Gasteiger partial charge in [0.2, 0.25) is 17.0 Å². The van der Waals surface area contributed by atoms with Gasteiger partial charge in [0.25, 0.3) is 0 Å². The van der Waals surface area contributed by atoms with Crippen LogP contribution in [0.3, 0.4) is 0 Å². The molecule has 8 nitrogen and oxygen atoms in total. The molecule has 0 aliphatic heterocycles. The maximum atomic E-state index is 12.0. The van der Waals surface area contributed by atoms with Crippen LogP contribution in [-0.4, -0.2) is 50.4 Å². The van der Waals surface area contributed by atoms with Gasteiger partial charge in [-0.05, 0) is 42.0 Å². The zero-order chi connectivity index (χ0) is 18.2. The lowest BCUT2D eigenvalue weighted by Gasteiger charge is -2.13. The fourth-order valence-corrected chi connectivity index (χ4v) is 2.81. The molecule has 25 heavy (non-hydrogen) atoms. The standard InChI is InChI=1S/C15H19ClN6O2S/c1-3-7-17-14(24)10(2)18-13(23)9-25-15-19-20-21-22(15)12-6-4-5-11(16)8-12/h4-6,8,10H,3,7,9H2,1-2H3,(H,17,24)(H,18,23)/t10-/m0/s1. The molecule has 2 amide bonds. The van der Waals surface area contributed by atoms with Crippen molar-refractivity contribution in [1.29, 1.82) is 0 Å². The number of carbonyl (C=O) groups is 2. The molecule has 1 aromatic heterocycles. The van der Waals surface area contributed by atoms with Gasteiger partial charge < -0.3 is 10.6 Å². The highest BCUT2D eigenvalue weighted by molar-refractivity contribution is 7.99. The molecule has 0 aliphatic carbocycles. The quantitative estimate of drug-likeness (QED) is 0.670. The van der Waals surface area contributed by atoms with Crippen LogP contribution in [0, 0.1) is 0 Å². The van der Waals surface area contributed by atoms with Gasteiger partial charge in [-0.25, -0.2) is 0 Å². The third-order valence-corrected chi connectivity index (χ3v) is 4.30. The van der Waals surface area contributed by atoms with Gasteiger partial charge in [0, 0.05) is 11.6 Å². The van der Waals surface area contributed by atoms with Crippen LogP contribution in [0.15, 0.2) is 29.4 Å². The maximum absolute atomic E-state index is 12.0. The number of hydrogen-bond donors (Lipinski definition) is 2. The molecule has 2 aromatic rings. The number of tetrazole rings is 1. The molecule has 1 heterocycles. The molecule has 0 radical (unpaired) electrons. The molecular formula is C15H19ClN6O2S. The molecule has 10 heteroatoms. The van der Waals surface area contributed by atoms with Crippen LogP contribution in [0.2, 0.25) is 5.02 Å². The Bertz CT molecular complexity index is 738. The summed E-state index contributed by atoms with van der Waals surface area (Å²) < 4.78 is 1.50. The molecule has 1 atom stereocenters. The van der Waals surface area contributed by atoms with E-state index >= 15 is 0 Å². The van der Waals surface area contributed by atoms with Crippen LogP contribution in [0.5, 0.6) is 0 Å². The van der Waals surface area contributed by atoms with E-state index in [1.807, 2.05) is 13.0 Å². The highest BCUT2D eigenvalue weighted by atomic mass is 35.5. The van der Waals surface area contributed by atoms with Crippen molar-refractivity contribution in [3.8, 4) is 5.69 Å². The molecule has 0 saturated heterocycles. The summed E-state index contributed by atoms with van der Waals surface area (Å²) >= 11 is 7.15. The minimum atomic E-state index is -0.594. The van der Waals surface area contributed by atoms with Crippen LogP contribution in [0.4, 0.5) is 0 Å². The van der Waals surface area contributed by atoms with Gasteiger partial charge in [0.15, 0.2) is 0 Å². The number of nitrogens with zero attached hydrogens (tertiary/aromatic N) is 4. The number of amides is 2. The third kappa shape index (κ3) is 5.71. The molecule has 134 valence electrons. The molecule has 0 saturated carbocycles. The van der Waals surface area contributed by atoms with Gasteiger partial charge >= 0.3 is 0 Å². The van der Waals surface area contributed by atoms with Gasteiger partial charge in [-0.2, -0.15) is 4.68 Å². The number of hydrogen-bond acceptors (Lipinski definition) is 6. The van der Waals surface area contributed by atoms with Crippen molar-refractivity contribution in [3.63, 3.8) is 0 Å². The van der Waals surface area contributed by atoms with Gasteiger partial charge in [0.1, 0.15) is 6.04 Å². The Morgan fingerprint density at radius 3 is 2.92 bits per heavy atom. The fraction of sp³-hybridized carbons (Fsp3) is 0.400. The number of halogens is 1. The van der Waals surface area contributed by atoms with Crippen LogP contribution < -0.4 is 10.6 Å². The maximum Gasteiger partial charge on any atom is 0.242 e. The summed E-state index contributed by atoms with van der Waals surface area (Å²) in [4.78, 5) is 23.8. The number of benzene rings is 1. The molecule has 2 rings (SSSR count). The smallest absolute Gasteiger partial charge is 0.242 e. The molecule has 0 aliphatic rings. The summed E-state index contributed by atoms with van der Waals surface area (Å²) in [5, 5.41) is 17.9. The van der Waals surface area contributed by atoms with E-state index in [1.165, 1.54) is 16.4 Å². The Balaban J connectivity index is 1.91. The van der Waals surface area contributed by atoms with Crippen molar-refractivity contribution in [1.82, 2.24) is 30.8 Å².